The van der Waals surface area contributed by atoms with E-state index in [1.165, 1.54) is 6.92 Å². The number of nitrogens with zero attached hydrogens (tertiary/aromatic N) is 1. The molecule has 0 aromatic carbocycles. The molecule has 0 radical (unpaired) electrons. The largest absolute Gasteiger partial charge is 0.461 e. The molecule has 0 aromatic heterocycles. The first-order valence-electron chi connectivity index (χ1n) is 5.18. The zero-order chi connectivity index (χ0) is 14.3. The van der Waals surface area contributed by atoms with Gasteiger partial charge in [0.05, 0.1) is 11.5 Å². The maximum atomic E-state index is 11.4. The molecule has 0 saturated carbocycles. The Hall–Kier alpha value is -2.12. The van der Waals surface area contributed by atoms with Gasteiger partial charge in [0.2, 0.25) is 5.70 Å². The number of hydrogen-bond donors (Lipinski definition) is 1. The molecule has 0 atom stereocenters. The molecule has 0 aliphatic heterocycles. The third-order valence-corrected chi connectivity index (χ3v) is 1.37. The topological polar surface area (TPSA) is 108 Å². The Balaban J connectivity index is 4.76. The Bertz CT molecular complexity index is 369. The molecule has 8 heteroatoms. The number of ether oxygens (including phenoxy) is 2. The van der Waals surface area contributed by atoms with Crippen LogP contribution in [0.5, 0.6) is 0 Å². The quantitative estimate of drug-likeness (QED) is 0.352. The van der Waals surface area contributed by atoms with Crippen molar-refractivity contribution in [2.75, 3.05) is 6.61 Å². The monoisotopic (exact) mass is 260 g/mol. The number of esters is 1. The van der Waals surface area contributed by atoms with Crippen LogP contribution in [0.2, 0.25) is 0 Å². The Morgan fingerprint density at radius 2 is 1.94 bits per heavy atom. The van der Waals surface area contributed by atoms with Crippen LogP contribution in [0.3, 0.4) is 0 Å². The Labute approximate surface area is 104 Å². The lowest BCUT2D eigenvalue weighted by Gasteiger charge is -2.19. The van der Waals surface area contributed by atoms with Crippen LogP contribution < -0.4 is 5.32 Å². The molecular weight excluding hydrogens is 244 g/mol. The number of amides is 1. The minimum Gasteiger partial charge on any atom is -0.461 e. The predicted octanol–water partition coefficient (Wildman–Crippen LogP) is 1.19. The van der Waals surface area contributed by atoms with E-state index >= 15 is 0 Å². The number of hydrogen-bond acceptors (Lipinski definition) is 6. The van der Waals surface area contributed by atoms with E-state index in [1.807, 2.05) is 5.32 Å². The number of carbonyl (C=O) groups excluding carboxylic acids is 2. The fourth-order valence-corrected chi connectivity index (χ4v) is 0.864. The summed E-state index contributed by atoms with van der Waals surface area (Å²) >= 11 is 0. The van der Waals surface area contributed by atoms with Gasteiger partial charge >= 0.3 is 12.1 Å². The average molecular weight is 260 g/mol. The fourth-order valence-electron chi connectivity index (χ4n) is 0.864. The van der Waals surface area contributed by atoms with Crippen molar-refractivity contribution < 1.29 is 24.0 Å². The summed E-state index contributed by atoms with van der Waals surface area (Å²) in [6.45, 7) is 6.43. The summed E-state index contributed by atoms with van der Waals surface area (Å²) in [5, 5.41) is 12.3. The van der Waals surface area contributed by atoms with Gasteiger partial charge in [-0.05, 0) is 27.7 Å². The number of nitrogens with one attached hydrogen (secondary N) is 1. The zero-order valence-electron chi connectivity index (χ0n) is 10.7. The lowest BCUT2D eigenvalue weighted by molar-refractivity contribution is -0.403. The SMILES string of the molecule is CCOC(=O)/C(=C/[N+](=O)[O-])NC(=O)OC(C)(C)C. The summed E-state index contributed by atoms with van der Waals surface area (Å²) in [6.07, 6.45) is -0.620. The van der Waals surface area contributed by atoms with Crippen molar-refractivity contribution in [1.29, 1.82) is 0 Å². The van der Waals surface area contributed by atoms with Gasteiger partial charge in [-0.2, -0.15) is 0 Å². The standard InChI is InChI=1S/C10H16N2O6/c1-5-17-8(13)7(6-12(15)16)11-9(14)18-10(2,3)4/h6H,5H2,1-4H3,(H,11,14)/b7-6-. The molecule has 0 spiro atoms. The first-order valence-corrected chi connectivity index (χ1v) is 5.18. The van der Waals surface area contributed by atoms with Gasteiger partial charge in [-0.3, -0.25) is 15.4 Å². The molecule has 0 unspecified atom stereocenters. The maximum absolute atomic E-state index is 11.4. The van der Waals surface area contributed by atoms with Crippen LogP contribution in [-0.4, -0.2) is 29.2 Å². The van der Waals surface area contributed by atoms with E-state index in [0.29, 0.717) is 6.20 Å². The third-order valence-electron chi connectivity index (χ3n) is 1.37. The summed E-state index contributed by atoms with van der Waals surface area (Å²) in [6, 6.07) is 0. The molecule has 0 aliphatic carbocycles. The molecule has 0 bridgehead atoms. The van der Waals surface area contributed by atoms with Gasteiger partial charge in [-0.1, -0.05) is 0 Å². The molecule has 1 N–H and O–H groups in total. The fraction of sp³-hybridized carbons (Fsp3) is 0.600. The number of carbonyl (C=O) groups is 2. The predicted molar refractivity (Wildman–Crippen MR) is 61.1 cm³/mol. The molecule has 0 aromatic rings. The van der Waals surface area contributed by atoms with Crippen molar-refractivity contribution in [3.05, 3.63) is 22.0 Å². The van der Waals surface area contributed by atoms with Crippen molar-refractivity contribution in [1.82, 2.24) is 5.32 Å². The van der Waals surface area contributed by atoms with Crippen molar-refractivity contribution in [3.8, 4) is 0 Å². The van der Waals surface area contributed by atoms with Crippen LogP contribution in [0.4, 0.5) is 4.79 Å². The second-order valence-corrected chi connectivity index (χ2v) is 4.18. The van der Waals surface area contributed by atoms with E-state index in [9.17, 15) is 19.7 Å². The summed E-state index contributed by atoms with van der Waals surface area (Å²) < 4.78 is 9.41. The van der Waals surface area contributed by atoms with Gasteiger partial charge in [0, 0.05) is 0 Å². The summed E-state index contributed by atoms with van der Waals surface area (Å²) in [4.78, 5) is 32.1. The Morgan fingerprint density at radius 1 is 1.39 bits per heavy atom. The van der Waals surface area contributed by atoms with E-state index in [0.717, 1.165) is 0 Å². The Morgan fingerprint density at radius 3 is 2.33 bits per heavy atom. The second-order valence-electron chi connectivity index (χ2n) is 4.18. The van der Waals surface area contributed by atoms with Crippen LogP contribution in [0, 0.1) is 10.1 Å². The lowest BCUT2D eigenvalue weighted by atomic mass is 10.2. The molecule has 0 aliphatic rings. The van der Waals surface area contributed by atoms with Crippen molar-refractivity contribution in [2.45, 2.75) is 33.3 Å². The lowest BCUT2D eigenvalue weighted by Crippen LogP contribution is -2.35. The highest BCUT2D eigenvalue weighted by molar-refractivity contribution is 5.91. The Kier molecular flexibility index (Phi) is 5.80. The number of nitro groups is 1. The van der Waals surface area contributed by atoms with Gasteiger partial charge in [-0.15, -0.1) is 0 Å². The number of alkyl carbamates (subject to hydrolysis) is 1. The molecule has 8 nitrogen and oxygen atoms in total. The van der Waals surface area contributed by atoms with Crippen LogP contribution in [0.25, 0.3) is 0 Å². The molecule has 18 heavy (non-hydrogen) atoms. The normalized spacial score (nSPS) is 11.7. The van der Waals surface area contributed by atoms with Gasteiger partial charge in [0.15, 0.2) is 0 Å². The van der Waals surface area contributed by atoms with Gasteiger partial charge in [0.1, 0.15) is 5.60 Å². The highest BCUT2D eigenvalue weighted by atomic mass is 16.6. The smallest absolute Gasteiger partial charge is 0.412 e. The number of rotatable bonds is 4. The van der Waals surface area contributed by atoms with E-state index in [2.05, 4.69) is 4.74 Å². The van der Waals surface area contributed by atoms with Crippen molar-refractivity contribution in [2.24, 2.45) is 0 Å². The van der Waals surface area contributed by atoms with Crippen LogP contribution >= 0.6 is 0 Å². The molecular formula is C10H16N2O6. The van der Waals surface area contributed by atoms with E-state index in [1.54, 1.807) is 20.8 Å². The van der Waals surface area contributed by atoms with Gasteiger partial charge in [-0.25, -0.2) is 9.59 Å². The highest BCUT2D eigenvalue weighted by Gasteiger charge is 2.22. The van der Waals surface area contributed by atoms with Crippen molar-refractivity contribution in [3.63, 3.8) is 0 Å². The minimum atomic E-state index is -1.000. The van der Waals surface area contributed by atoms with Crippen LogP contribution in [0.15, 0.2) is 11.9 Å². The van der Waals surface area contributed by atoms with E-state index < -0.39 is 28.3 Å². The van der Waals surface area contributed by atoms with E-state index in [4.69, 9.17) is 4.74 Å². The van der Waals surface area contributed by atoms with E-state index in [-0.39, 0.29) is 6.61 Å². The van der Waals surface area contributed by atoms with Crippen LogP contribution in [0.1, 0.15) is 27.7 Å². The minimum absolute atomic E-state index is 0.0316. The summed E-state index contributed by atoms with van der Waals surface area (Å²) in [7, 11) is 0. The van der Waals surface area contributed by atoms with Gasteiger partial charge in [0.25, 0.3) is 6.20 Å². The van der Waals surface area contributed by atoms with Gasteiger partial charge < -0.3 is 9.47 Å². The molecule has 102 valence electrons. The molecule has 0 rings (SSSR count). The molecule has 0 saturated heterocycles. The first-order chi connectivity index (χ1) is 8.15. The highest BCUT2D eigenvalue weighted by Crippen LogP contribution is 2.07. The van der Waals surface area contributed by atoms with Crippen molar-refractivity contribution >= 4 is 12.1 Å². The third kappa shape index (κ3) is 7.20. The molecule has 1 amide bonds. The summed E-state index contributed by atoms with van der Waals surface area (Å²) in [5.41, 5.74) is -1.37. The van der Waals surface area contributed by atoms with Crippen LogP contribution in [-0.2, 0) is 14.3 Å². The molecule has 0 heterocycles. The zero-order valence-corrected chi connectivity index (χ0v) is 10.7. The molecule has 0 fully saturated rings. The average Bonchev–Trinajstić information content (AvgIpc) is 2.13. The summed E-state index contributed by atoms with van der Waals surface area (Å²) in [5.74, 6) is -1.000. The second kappa shape index (κ2) is 6.58. The maximum Gasteiger partial charge on any atom is 0.412 e. The first kappa shape index (κ1) is 15.9.